The predicted molar refractivity (Wildman–Crippen MR) is 43.9 cm³/mol. The lowest BCUT2D eigenvalue weighted by atomic mass is 10.1. The highest BCUT2D eigenvalue weighted by molar-refractivity contribution is 5.43. The van der Waals surface area contributed by atoms with Crippen LogP contribution in [-0.4, -0.2) is 0 Å². The second-order valence-electron chi connectivity index (χ2n) is 2.25. The second-order valence-corrected chi connectivity index (χ2v) is 2.25. The van der Waals surface area contributed by atoms with Crippen LogP contribution >= 0.6 is 0 Å². The van der Waals surface area contributed by atoms with Gasteiger partial charge >= 0.3 is 0 Å². The van der Waals surface area contributed by atoms with E-state index in [0.717, 1.165) is 0 Å². The van der Waals surface area contributed by atoms with E-state index in [0.29, 0.717) is 0 Å². The molecule has 0 saturated heterocycles. The maximum Gasteiger partial charge on any atom is 0.265 e. The molecule has 0 atom stereocenters. The van der Waals surface area contributed by atoms with Crippen molar-refractivity contribution in [1.29, 1.82) is 5.26 Å². The molecule has 3 heteroatoms. The molecule has 0 aliphatic heterocycles. The number of nitrogens with zero attached hydrogens (tertiary/aromatic N) is 1. The van der Waals surface area contributed by atoms with Crippen molar-refractivity contribution in [2.45, 2.75) is 6.43 Å². The molecule has 0 aliphatic rings. The van der Waals surface area contributed by atoms with Crippen LogP contribution in [0.15, 0.2) is 24.3 Å². The summed E-state index contributed by atoms with van der Waals surface area (Å²) < 4.78 is 24.6. The fraction of sp³-hybridized carbons (Fsp3) is 0.100. The van der Waals surface area contributed by atoms with Crippen LogP contribution in [-0.2, 0) is 0 Å². The van der Waals surface area contributed by atoms with Gasteiger partial charge in [-0.05, 0) is 6.07 Å². The van der Waals surface area contributed by atoms with E-state index in [1.54, 1.807) is 12.1 Å². The number of halogens is 2. The number of hydrogen-bond acceptors (Lipinski definition) is 1. The maximum absolute atomic E-state index is 12.3. The molecule has 0 aliphatic carbocycles. The lowest BCUT2D eigenvalue weighted by Crippen LogP contribution is -1.88. The van der Waals surface area contributed by atoms with Crippen LogP contribution < -0.4 is 0 Å². The fourth-order valence-corrected chi connectivity index (χ4v) is 0.896. The summed E-state index contributed by atoms with van der Waals surface area (Å²) in [5.74, 6) is 4.44. The van der Waals surface area contributed by atoms with Crippen molar-refractivity contribution in [3.63, 3.8) is 0 Å². The Hall–Kier alpha value is -1.87. The van der Waals surface area contributed by atoms with Gasteiger partial charge in [-0.25, -0.2) is 8.78 Å². The van der Waals surface area contributed by atoms with E-state index < -0.39 is 6.43 Å². The molecule has 0 saturated carbocycles. The monoisotopic (exact) mass is 177 g/mol. The minimum absolute atomic E-state index is 0.134. The lowest BCUT2D eigenvalue weighted by Gasteiger charge is -2.00. The molecule has 13 heavy (non-hydrogen) atoms. The van der Waals surface area contributed by atoms with Gasteiger partial charge < -0.3 is 0 Å². The first kappa shape index (κ1) is 9.22. The van der Waals surface area contributed by atoms with Gasteiger partial charge in [0.2, 0.25) is 0 Å². The highest BCUT2D eigenvalue weighted by Gasteiger charge is 2.09. The molecule has 0 unspecified atom stereocenters. The van der Waals surface area contributed by atoms with Gasteiger partial charge in [-0.3, -0.25) is 0 Å². The van der Waals surface area contributed by atoms with Crippen LogP contribution in [0.5, 0.6) is 0 Å². The second kappa shape index (κ2) is 4.23. The highest BCUT2D eigenvalue weighted by atomic mass is 19.3. The van der Waals surface area contributed by atoms with Gasteiger partial charge in [-0.15, -0.1) is 0 Å². The van der Waals surface area contributed by atoms with E-state index in [1.807, 2.05) is 0 Å². The molecule has 0 amide bonds. The molecule has 1 aromatic carbocycles. The molecule has 0 bridgehead atoms. The Morgan fingerprint density at radius 3 is 2.54 bits per heavy atom. The van der Waals surface area contributed by atoms with Gasteiger partial charge in [0.1, 0.15) is 0 Å². The van der Waals surface area contributed by atoms with Gasteiger partial charge in [0.25, 0.3) is 6.43 Å². The number of nitriles is 1. The standard InChI is InChI=1S/C10H5F2N/c11-10(12)9-6-2-1-4-8(9)5-3-7-13/h1-2,4,6,10H. The zero-order valence-electron chi connectivity index (χ0n) is 6.59. The first-order chi connectivity index (χ1) is 6.25. The Labute approximate surface area is 74.6 Å². The third kappa shape index (κ3) is 2.28. The molecule has 0 radical (unpaired) electrons. The molecule has 1 rings (SSSR count). The van der Waals surface area contributed by atoms with E-state index in [-0.39, 0.29) is 11.1 Å². The number of hydrogen-bond donors (Lipinski definition) is 0. The molecular formula is C10H5F2N. The molecule has 0 fully saturated rings. The van der Waals surface area contributed by atoms with Crippen molar-refractivity contribution >= 4 is 0 Å². The minimum atomic E-state index is -2.55. The van der Waals surface area contributed by atoms with Crippen LogP contribution in [0, 0.1) is 23.2 Å². The summed E-state index contributed by atoms with van der Waals surface area (Å²) in [6.07, 6.45) is -2.55. The topological polar surface area (TPSA) is 23.8 Å². The first-order valence-electron chi connectivity index (χ1n) is 3.53. The third-order valence-corrected chi connectivity index (χ3v) is 1.45. The Bertz CT molecular complexity index is 393. The number of benzene rings is 1. The van der Waals surface area contributed by atoms with E-state index in [4.69, 9.17) is 5.26 Å². The minimum Gasteiger partial charge on any atom is -0.205 e. The molecule has 0 aromatic heterocycles. The van der Waals surface area contributed by atoms with E-state index in [9.17, 15) is 8.78 Å². The van der Waals surface area contributed by atoms with E-state index in [2.05, 4.69) is 11.8 Å². The third-order valence-electron chi connectivity index (χ3n) is 1.45. The average molecular weight is 177 g/mol. The summed E-state index contributed by atoms with van der Waals surface area (Å²) in [5, 5.41) is 8.15. The number of alkyl halides is 2. The van der Waals surface area contributed by atoms with Gasteiger partial charge in [0.15, 0.2) is 6.07 Å². The Morgan fingerprint density at radius 2 is 1.92 bits per heavy atom. The smallest absolute Gasteiger partial charge is 0.205 e. The van der Waals surface area contributed by atoms with Gasteiger partial charge in [0, 0.05) is 17.0 Å². The van der Waals surface area contributed by atoms with Gasteiger partial charge in [-0.2, -0.15) is 5.26 Å². The summed E-state index contributed by atoms with van der Waals surface area (Å²) in [5.41, 5.74) is 0.0734. The Morgan fingerprint density at radius 1 is 1.23 bits per heavy atom. The molecular weight excluding hydrogens is 172 g/mol. The van der Waals surface area contributed by atoms with Crippen molar-refractivity contribution in [2.24, 2.45) is 0 Å². The average Bonchev–Trinajstić information content (AvgIpc) is 2.15. The SMILES string of the molecule is N#CC#Cc1ccccc1C(F)F. The van der Waals surface area contributed by atoms with Crippen molar-refractivity contribution in [3.05, 3.63) is 35.4 Å². The van der Waals surface area contributed by atoms with Crippen LogP contribution in [0.2, 0.25) is 0 Å². The maximum atomic E-state index is 12.3. The van der Waals surface area contributed by atoms with E-state index >= 15 is 0 Å². The summed E-state index contributed by atoms with van der Waals surface area (Å²) in [4.78, 5) is 0. The molecule has 64 valence electrons. The van der Waals surface area contributed by atoms with Crippen LogP contribution in [0.1, 0.15) is 17.6 Å². The largest absolute Gasteiger partial charge is 0.265 e. The van der Waals surface area contributed by atoms with Crippen molar-refractivity contribution in [1.82, 2.24) is 0 Å². The predicted octanol–water partition coefficient (Wildman–Crippen LogP) is 2.50. The molecule has 1 aromatic rings. The van der Waals surface area contributed by atoms with Crippen molar-refractivity contribution in [3.8, 4) is 17.9 Å². The van der Waals surface area contributed by atoms with Gasteiger partial charge in [0.05, 0.1) is 0 Å². The van der Waals surface area contributed by atoms with Crippen molar-refractivity contribution in [2.75, 3.05) is 0 Å². The summed E-state index contributed by atoms with van der Waals surface area (Å²) in [6.45, 7) is 0. The quantitative estimate of drug-likeness (QED) is 0.604. The van der Waals surface area contributed by atoms with Crippen LogP contribution in [0.25, 0.3) is 0 Å². The zero-order valence-corrected chi connectivity index (χ0v) is 6.59. The van der Waals surface area contributed by atoms with Gasteiger partial charge in [-0.1, -0.05) is 24.1 Å². The van der Waals surface area contributed by atoms with Crippen molar-refractivity contribution < 1.29 is 8.78 Å². The summed E-state index contributed by atoms with van der Waals surface area (Å²) in [7, 11) is 0. The Balaban J connectivity index is 3.14. The lowest BCUT2D eigenvalue weighted by molar-refractivity contribution is 0.151. The fourth-order valence-electron chi connectivity index (χ4n) is 0.896. The van der Waals surface area contributed by atoms with Crippen LogP contribution in [0.3, 0.4) is 0 Å². The first-order valence-corrected chi connectivity index (χ1v) is 3.53. The zero-order chi connectivity index (χ0) is 9.68. The normalized spacial score (nSPS) is 8.77. The highest BCUT2D eigenvalue weighted by Crippen LogP contribution is 2.21. The van der Waals surface area contributed by atoms with E-state index in [1.165, 1.54) is 18.2 Å². The Kier molecular flexibility index (Phi) is 3.00. The number of rotatable bonds is 1. The summed E-state index contributed by atoms with van der Waals surface area (Å²) >= 11 is 0. The van der Waals surface area contributed by atoms with Crippen LogP contribution in [0.4, 0.5) is 8.78 Å². The molecule has 0 heterocycles. The summed E-state index contributed by atoms with van der Waals surface area (Å²) in [6, 6.07) is 7.46. The molecule has 0 spiro atoms. The molecule has 1 nitrogen and oxygen atoms in total. The molecule has 0 N–H and O–H groups in total.